The van der Waals surface area contributed by atoms with Crippen molar-refractivity contribution in [2.75, 3.05) is 0 Å². The summed E-state index contributed by atoms with van der Waals surface area (Å²) in [6, 6.07) is 0. The summed E-state index contributed by atoms with van der Waals surface area (Å²) >= 11 is 0. The quantitative estimate of drug-likeness (QED) is 0.110. The third kappa shape index (κ3) is 6.27. The van der Waals surface area contributed by atoms with E-state index in [1.807, 2.05) is 0 Å². The monoisotopic (exact) mass is 616 g/mol. The van der Waals surface area contributed by atoms with Gasteiger partial charge in [-0.2, -0.15) is 74.6 Å². The van der Waals surface area contributed by atoms with Gasteiger partial charge in [0.2, 0.25) is 0 Å². The zero-order valence-electron chi connectivity index (χ0n) is 19.2. The van der Waals surface area contributed by atoms with Crippen LogP contribution in [0.25, 0.3) is 0 Å². The van der Waals surface area contributed by atoms with Gasteiger partial charge in [0.25, 0.3) is 0 Å². The number of rotatable bonds is 10. The second-order valence-corrected chi connectivity index (χ2v) is 13.5. The van der Waals surface area contributed by atoms with Crippen molar-refractivity contribution in [3.05, 3.63) is 0 Å². The highest BCUT2D eigenvalue weighted by Crippen LogP contribution is 2.64. The highest BCUT2D eigenvalue weighted by molar-refractivity contribution is 6.83. The molecule has 0 aliphatic rings. The Balaban J connectivity index is 6.16. The first-order chi connectivity index (χ1) is 16.2. The molecular formula is C18H17F17O2Si. The van der Waals surface area contributed by atoms with Gasteiger partial charge in [-0.15, -0.1) is 5.54 Å². The molecule has 0 aliphatic heterocycles. The molecule has 0 amide bonds. The maximum atomic E-state index is 13.8. The molecule has 0 radical (unpaired) electrons. The van der Waals surface area contributed by atoms with E-state index in [1.165, 1.54) is 0 Å². The van der Waals surface area contributed by atoms with Gasteiger partial charge >= 0.3 is 53.6 Å². The van der Waals surface area contributed by atoms with E-state index in [9.17, 15) is 79.4 Å². The molecule has 38 heavy (non-hydrogen) atoms. The second kappa shape index (κ2) is 10.2. The fourth-order valence-electron chi connectivity index (χ4n) is 2.22. The lowest BCUT2D eigenvalue weighted by Crippen LogP contribution is -2.74. The third-order valence-electron chi connectivity index (χ3n) is 4.39. The van der Waals surface area contributed by atoms with E-state index in [1.54, 1.807) is 19.6 Å². The number of hydrogen-bond donors (Lipinski definition) is 0. The minimum Gasteiger partial charge on any atom is -0.449 e. The molecule has 0 aromatic rings. The van der Waals surface area contributed by atoms with Gasteiger partial charge in [0.15, 0.2) is 6.10 Å². The molecular weight excluding hydrogens is 599 g/mol. The van der Waals surface area contributed by atoms with Crippen LogP contribution in [0.1, 0.15) is 19.8 Å². The van der Waals surface area contributed by atoms with Crippen LogP contribution in [0.15, 0.2) is 0 Å². The standard InChI is InChI=1S/C18H17F17O2Si/c1-9(6-8-38(2,3)4)37-10(36)5-7-11(19,20)12(21,22)13(23,24)14(25,26)15(27,28)16(29,30)17(31,32)18(33,34)35/h9H,5,7H2,1-4H3. The first-order valence-electron chi connectivity index (χ1n) is 9.68. The Kier molecular flexibility index (Phi) is 9.70. The summed E-state index contributed by atoms with van der Waals surface area (Å²) in [5.74, 6) is -56.5. The Morgan fingerprint density at radius 1 is 0.658 bits per heavy atom. The molecule has 0 aromatic heterocycles. The van der Waals surface area contributed by atoms with Crippen molar-refractivity contribution in [3.8, 4) is 11.5 Å². The average molecular weight is 616 g/mol. The Labute approximate surface area is 203 Å². The minimum atomic E-state index is -8.69. The van der Waals surface area contributed by atoms with Gasteiger partial charge in [-0.05, 0) is 6.92 Å². The Morgan fingerprint density at radius 2 is 1.00 bits per heavy atom. The fourth-order valence-corrected chi connectivity index (χ4v) is 2.85. The lowest BCUT2D eigenvalue weighted by molar-refractivity contribution is -0.461. The van der Waals surface area contributed by atoms with Crippen molar-refractivity contribution in [2.24, 2.45) is 0 Å². The number of halogens is 17. The SMILES string of the molecule is CC(C#C[Si](C)(C)C)OC(=O)CCC(F)(F)C(F)(F)C(F)(F)C(F)(F)C(F)(F)C(F)(F)C(F)(F)C(F)(F)F. The molecule has 0 saturated heterocycles. The molecule has 0 saturated carbocycles. The topological polar surface area (TPSA) is 26.3 Å². The molecule has 0 bridgehead atoms. The van der Waals surface area contributed by atoms with E-state index >= 15 is 0 Å². The van der Waals surface area contributed by atoms with E-state index in [4.69, 9.17) is 0 Å². The van der Waals surface area contributed by atoms with Crippen LogP contribution in [0, 0.1) is 11.5 Å². The van der Waals surface area contributed by atoms with Crippen LogP contribution < -0.4 is 0 Å². The first kappa shape index (κ1) is 36.1. The Bertz CT molecular complexity index is 922. The molecule has 0 fully saturated rings. The normalized spacial score (nSPS) is 16.0. The maximum absolute atomic E-state index is 13.8. The summed E-state index contributed by atoms with van der Waals surface area (Å²) in [5, 5.41) is 0. The van der Waals surface area contributed by atoms with Crippen LogP contribution in [0.2, 0.25) is 19.6 Å². The van der Waals surface area contributed by atoms with E-state index in [-0.39, 0.29) is 0 Å². The van der Waals surface area contributed by atoms with E-state index in [0.717, 1.165) is 6.92 Å². The highest BCUT2D eigenvalue weighted by Gasteiger charge is 2.95. The molecule has 224 valence electrons. The van der Waals surface area contributed by atoms with Gasteiger partial charge in [-0.1, -0.05) is 25.6 Å². The van der Waals surface area contributed by atoms with Crippen molar-refractivity contribution in [2.45, 2.75) is 93.1 Å². The molecule has 0 heterocycles. The summed E-state index contributed by atoms with van der Waals surface area (Å²) in [4.78, 5) is 11.5. The zero-order chi connectivity index (χ0) is 31.2. The van der Waals surface area contributed by atoms with Crippen LogP contribution in [-0.2, 0) is 9.53 Å². The summed E-state index contributed by atoms with van der Waals surface area (Å²) < 4.78 is 229. The smallest absolute Gasteiger partial charge is 0.449 e. The summed E-state index contributed by atoms with van der Waals surface area (Å²) in [6.07, 6.45) is -14.1. The number of esters is 1. The lowest BCUT2D eigenvalue weighted by atomic mass is 9.88. The predicted molar refractivity (Wildman–Crippen MR) is 96.6 cm³/mol. The van der Waals surface area contributed by atoms with Gasteiger partial charge < -0.3 is 4.74 Å². The van der Waals surface area contributed by atoms with E-state index in [2.05, 4.69) is 16.2 Å². The molecule has 2 nitrogen and oxygen atoms in total. The lowest BCUT2D eigenvalue weighted by Gasteiger charge is -2.42. The fraction of sp³-hybridized carbons (Fsp3) is 0.833. The van der Waals surface area contributed by atoms with E-state index < -0.39 is 80.6 Å². The molecule has 1 atom stereocenters. The largest absolute Gasteiger partial charge is 0.460 e. The predicted octanol–water partition coefficient (Wildman–Crippen LogP) is 7.59. The van der Waals surface area contributed by atoms with E-state index in [0.29, 0.717) is 0 Å². The van der Waals surface area contributed by atoms with Crippen LogP contribution in [0.4, 0.5) is 74.6 Å². The molecule has 0 spiro atoms. The molecule has 1 unspecified atom stereocenters. The van der Waals surface area contributed by atoms with Crippen molar-refractivity contribution in [3.63, 3.8) is 0 Å². The van der Waals surface area contributed by atoms with Gasteiger partial charge in [0.1, 0.15) is 8.07 Å². The minimum absolute atomic E-state index is 1.03. The van der Waals surface area contributed by atoms with Crippen LogP contribution in [0.3, 0.4) is 0 Å². The summed E-state index contributed by atoms with van der Waals surface area (Å²) in [6.45, 7) is 6.11. The molecule has 0 aromatic carbocycles. The van der Waals surface area contributed by atoms with Gasteiger partial charge in [-0.25, -0.2) is 0 Å². The Hall–Kier alpha value is -1.94. The molecule has 0 N–H and O–H groups in total. The van der Waals surface area contributed by atoms with Gasteiger partial charge in [0.05, 0.1) is 6.42 Å². The number of carbonyl (C=O) groups is 1. The molecule has 0 aliphatic carbocycles. The van der Waals surface area contributed by atoms with Crippen molar-refractivity contribution in [1.29, 1.82) is 0 Å². The first-order valence-corrected chi connectivity index (χ1v) is 13.2. The Morgan fingerprint density at radius 3 is 1.34 bits per heavy atom. The van der Waals surface area contributed by atoms with Crippen LogP contribution in [0.5, 0.6) is 0 Å². The molecule has 20 heteroatoms. The second-order valence-electron chi connectivity index (χ2n) is 8.80. The summed E-state index contributed by atoms with van der Waals surface area (Å²) in [5.41, 5.74) is 2.61. The van der Waals surface area contributed by atoms with Gasteiger partial charge in [0, 0.05) is 6.42 Å². The number of alkyl halides is 17. The van der Waals surface area contributed by atoms with Crippen molar-refractivity contribution >= 4 is 14.0 Å². The maximum Gasteiger partial charge on any atom is 0.460 e. The summed E-state index contributed by atoms with van der Waals surface area (Å²) in [7, 11) is -2.08. The number of carbonyl (C=O) groups excluding carboxylic acids is 1. The van der Waals surface area contributed by atoms with Crippen LogP contribution in [-0.4, -0.2) is 67.8 Å². The third-order valence-corrected chi connectivity index (χ3v) is 5.28. The van der Waals surface area contributed by atoms with Gasteiger partial charge in [-0.3, -0.25) is 4.79 Å². The van der Waals surface area contributed by atoms with Crippen LogP contribution >= 0.6 is 0 Å². The molecule has 0 rings (SSSR count). The number of hydrogen-bond acceptors (Lipinski definition) is 2. The number of ether oxygens (including phenoxy) is 1. The van der Waals surface area contributed by atoms with Crippen molar-refractivity contribution < 1.29 is 84.2 Å². The average Bonchev–Trinajstić information content (AvgIpc) is 2.68. The highest BCUT2D eigenvalue weighted by atomic mass is 28.3. The van der Waals surface area contributed by atoms with Crippen molar-refractivity contribution in [1.82, 2.24) is 0 Å². The zero-order valence-corrected chi connectivity index (χ0v) is 20.2.